The van der Waals surface area contributed by atoms with Gasteiger partial charge in [0.15, 0.2) is 11.2 Å². The molecule has 0 N–H and O–H groups in total. The first-order valence-corrected chi connectivity index (χ1v) is 7.47. The Hall–Kier alpha value is -2.89. The van der Waals surface area contributed by atoms with E-state index in [1.54, 1.807) is 23.9 Å². The molecule has 0 aliphatic carbocycles. The van der Waals surface area contributed by atoms with Gasteiger partial charge in [-0.25, -0.2) is 14.3 Å². The molecular weight excluding hydrogens is 292 g/mol. The summed E-state index contributed by atoms with van der Waals surface area (Å²) in [5.74, 6) is 0. The van der Waals surface area contributed by atoms with Crippen molar-refractivity contribution in [3.63, 3.8) is 0 Å². The van der Waals surface area contributed by atoms with Crippen LogP contribution >= 0.6 is 0 Å². The highest BCUT2D eigenvalue weighted by molar-refractivity contribution is 5.72. The second kappa shape index (κ2) is 5.72. The van der Waals surface area contributed by atoms with Crippen molar-refractivity contribution in [2.75, 3.05) is 0 Å². The van der Waals surface area contributed by atoms with Gasteiger partial charge in [0.1, 0.15) is 0 Å². The molecule has 0 radical (unpaired) electrons. The quantitative estimate of drug-likeness (QED) is 0.691. The van der Waals surface area contributed by atoms with E-state index in [0.717, 1.165) is 5.56 Å². The largest absolute Gasteiger partial charge is 0.337 e. The standard InChI is InChI=1S/C17H18N4O2/c1-4-9-19-11-18-15-14(19)16(22)20(5-2)17(23)21(15)13-8-6-7-12(3)10-13/h4,6-8,10-11H,1,5,9H2,2-3H3. The lowest BCUT2D eigenvalue weighted by molar-refractivity contribution is 0.655. The zero-order chi connectivity index (χ0) is 16.6. The van der Waals surface area contributed by atoms with E-state index in [2.05, 4.69) is 11.6 Å². The normalized spacial score (nSPS) is 11.0. The highest BCUT2D eigenvalue weighted by Gasteiger charge is 2.18. The number of fused-ring (bicyclic) bond motifs is 1. The third-order valence-corrected chi connectivity index (χ3v) is 3.80. The Balaban J connectivity index is 2.49. The summed E-state index contributed by atoms with van der Waals surface area (Å²) in [6, 6.07) is 7.58. The average molecular weight is 310 g/mol. The van der Waals surface area contributed by atoms with Crippen LogP contribution in [0.2, 0.25) is 0 Å². The SMILES string of the molecule is C=CCn1cnc2c1c(=O)n(CC)c(=O)n2-c1cccc(C)c1. The van der Waals surface area contributed by atoms with Crippen LogP contribution in [-0.4, -0.2) is 18.7 Å². The first-order valence-electron chi connectivity index (χ1n) is 7.47. The van der Waals surface area contributed by atoms with Gasteiger partial charge < -0.3 is 4.57 Å². The summed E-state index contributed by atoms with van der Waals surface area (Å²) >= 11 is 0. The smallest absolute Gasteiger partial charge is 0.321 e. The fraction of sp³-hybridized carbons (Fsp3) is 0.235. The van der Waals surface area contributed by atoms with E-state index in [0.29, 0.717) is 29.9 Å². The van der Waals surface area contributed by atoms with Crippen LogP contribution in [0.1, 0.15) is 12.5 Å². The topological polar surface area (TPSA) is 61.8 Å². The summed E-state index contributed by atoms with van der Waals surface area (Å²) in [6.45, 7) is 8.20. The van der Waals surface area contributed by atoms with E-state index in [4.69, 9.17) is 0 Å². The lowest BCUT2D eigenvalue weighted by Crippen LogP contribution is -2.39. The summed E-state index contributed by atoms with van der Waals surface area (Å²) in [4.78, 5) is 29.7. The second-order valence-electron chi connectivity index (χ2n) is 5.36. The number of hydrogen-bond donors (Lipinski definition) is 0. The van der Waals surface area contributed by atoms with Crippen LogP contribution in [0, 0.1) is 6.92 Å². The zero-order valence-corrected chi connectivity index (χ0v) is 13.2. The van der Waals surface area contributed by atoms with Crippen molar-refractivity contribution >= 4 is 11.2 Å². The maximum absolute atomic E-state index is 12.8. The molecule has 3 rings (SSSR count). The fourth-order valence-corrected chi connectivity index (χ4v) is 2.74. The Morgan fingerprint density at radius 1 is 1.30 bits per heavy atom. The number of aryl methyl sites for hydroxylation is 1. The van der Waals surface area contributed by atoms with Gasteiger partial charge in [0.25, 0.3) is 5.56 Å². The molecule has 6 nitrogen and oxygen atoms in total. The van der Waals surface area contributed by atoms with Gasteiger partial charge in [-0.15, -0.1) is 6.58 Å². The third-order valence-electron chi connectivity index (χ3n) is 3.80. The lowest BCUT2D eigenvalue weighted by atomic mass is 10.2. The fourth-order valence-electron chi connectivity index (χ4n) is 2.74. The molecule has 23 heavy (non-hydrogen) atoms. The second-order valence-corrected chi connectivity index (χ2v) is 5.36. The minimum Gasteiger partial charge on any atom is -0.321 e. The number of allylic oxidation sites excluding steroid dienone is 1. The molecule has 2 aromatic heterocycles. The Kier molecular flexibility index (Phi) is 3.73. The summed E-state index contributed by atoms with van der Waals surface area (Å²) < 4.78 is 4.43. The summed E-state index contributed by atoms with van der Waals surface area (Å²) in [5.41, 5.74) is 1.81. The molecule has 0 saturated carbocycles. The highest BCUT2D eigenvalue weighted by Crippen LogP contribution is 2.14. The van der Waals surface area contributed by atoms with Crippen LogP contribution in [0.3, 0.4) is 0 Å². The van der Waals surface area contributed by atoms with Gasteiger partial charge in [-0.05, 0) is 31.5 Å². The van der Waals surface area contributed by atoms with E-state index >= 15 is 0 Å². The average Bonchev–Trinajstić information content (AvgIpc) is 2.92. The maximum Gasteiger partial charge on any atom is 0.337 e. The maximum atomic E-state index is 12.8. The third kappa shape index (κ3) is 2.32. The number of imidazole rings is 1. The summed E-state index contributed by atoms with van der Waals surface area (Å²) in [5, 5.41) is 0. The van der Waals surface area contributed by atoms with E-state index in [9.17, 15) is 9.59 Å². The van der Waals surface area contributed by atoms with Crippen LogP contribution in [0.15, 0.2) is 52.8 Å². The molecule has 0 fully saturated rings. The molecule has 0 saturated heterocycles. The summed E-state index contributed by atoms with van der Waals surface area (Å²) in [6.07, 6.45) is 3.26. The van der Waals surface area contributed by atoms with Gasteiger partial charge in [0, 0.05) is 13.1 Å². The van der Waals surface area contributed by atoms with Crippen molar-refractivity contribution in [1.29, 1.82) is 0 Å². The van der Waals surface area contributed by atoms with Crippen LogP contribution in [0.4, 0.5) is 0 Å². The number of nitrogens with zero attached hydrogens (tertiary/aromatic N) is 4. The van der Waals surface area contributed by atoms with E-state index in [1.807, 2.05) is 31.2 Å². The predicted molar refractivity (Wildman–Crippen MR) is 90.2 cm³/mol. The van der Waals surface area contributed by atoms with Crippen molar-refractivity contribution in [3.05, 3.63) is 69.6 Å². The highest BCUT2D eigenvalue weighted by atomic mass is 16.2. The van der Waals surface area contributed by atoms with Crippen molar-refractivity contribution < 1.29 is 0 Å². The Morgan fingerprint density at radius 3 is 2.74 bits per heavy atom. The monoisotopic (exact) mass is 310 g/mol. The van der Waals surface area contributed by atoms with Crippen molar-refractivity contribution in [3.8, 4) is 5.69 Å². The van der Waals surface area contributed by atoms with Crippen LogP contribution in [0.5, 0.6) is 0 Å². The Bertz CT molecular complexity index is 1010. The van der Waals surface area contributed by atoms with Gasteiger partial charge in [-0.2, -0.15) is 0 Å². The van der Waals surface area contributed by atoms with Crippen LogP contribution < -0.4 is 11.2 Å². The summed E-state index contributed by atoms with van der Waals surface area (Å²) in [7, 11) is 0. The molecule has 0 aliphatic heterocycles. The molecule has 3 aromatic rings. The first-order chi connectivity index (χ1) is 11.1. The Labute approximate surface area is 132 Å². The van der Waals surface area contributed by atoms with Crippen molar-refractivity contribution in [2.45, 2.75) is 26.9 Å². The van der Waals surface area contributed by atoms with Crippen LogP contribution in [-0.2, 0) is 13.1 Å². The number of benzene rings is 1. The molecular formula is C17H18N4O2. The number of rotatable bonds is 4. The number of hydrogen-bond acceptors (Lipinski definition) is 3. The molecule has 6 heteroatoms. The van der Waals surface area contributed by atoms with Gasteiger partial charge in [0.2, 0.25) is 0 Å². The van der Waals surface area contributed by atoms with Crippen molar-refractivity contribution in [2.24, 2.45) is 0 Å². The van der Waals surface area contributed by atoms with Gasteiger partial charge in [-0.1, -0.05) is 18.2 Å². The van der Waals surface area contributed by atoms with Gasteiger partial charge in [0.05, 0.1) is 12.0 Å². The minimum atomic E-state index is -0.376. The van der Waals surface area contributed by atoms with Crippen molar-refractivity contribution in [1.82, 2.24) is 18.7 Å². The van der Waals surface area contributed by atoms with E-state index in [1.165, 1.54) is 9.13 Å². The minimum absolute atomic E-state index is 0.304. The molecule has 0 bridgehead atoms. The van der Waals surface area contributed by atoms with E-state index < -0.39 is 0 Å². The van der Waals surface area contributed by atoms with Gasteiger partial charge in [-0.3, -0.25) is 9.36 Å². The number of aromatic nitrogens is 4. The molecule has 0 atom stereocenters. The molecule has 0 unspecified atom stereocenters. The lowest BCUT2D eigenvalue weighted by Gasteiger charge is -2.11. The Morgan fingerprint density at radius 2 is 2.09 bits per heavy atom. The molecule has 2 heterocycles. The van der Waals surface area contributed by atoms with E-state index in [-0.39, 0.29) is 11.2 Å². The molecule has 118 valence electrons. The molecule has 1 aromatic carbocycles. The van der Waals surface area contributed by atoms with Crippen LogP contribution in [0.25, 0.3) is 16.9 Å². The zero-order valence-electron chi connectivity index (χ0n) is 13.2. The molecule has 0 aliphatic rings. The molecule has 0 amide bonds. The molecule has 0 spiro atoms. The van der Waals surface area contributed by atoms with Gasteiger partial charge >= 0.3 is 5.69 Å². The first kappa shape index (κ1) is 15.0. The predicted octanol–water partition coefficient (Wildman–Crippen LogP) is 1.86.